The molecule has 28 heavy (non-hydrogen) atoms. The van der Waals surface area contributed by atoms with E-state index in [4.69, 9.17) is 14.2 Å². The first-order valence-electron chi connectivity index (χ1n) is 8.55. The van der Waals surface area contributed by atoms with Gasteiger partial charge in [0, 0.05) is 6.54 Å². The summed E-state index contributed by atoms with van der Waals surface area (Å²) in [4.78, 5) is 35.8. The number of para-hydroxylation sites is 3. The van der Waals surface area contributed by atoms with Crippen LogP contribution in [0.1, 0.15) is 16.8 Å². The average Bonchev–Trinajstić information content (AvgIpc) is 2.72. The second kappa shape index (κ2) is 10.6. The van der Waals surface area contributed by atoms with Gasteiger partial charge in [-0.15, -0.1) is 0 Å². The molecule has 0 saturated heterocycles. The van der Waals surface area contributed by atoms with Crippen LogP contribution in [0.5, 0.6) is 11.5 Å². The number of benzene rings is 2. The van der Waals surface area contributed by atoms with E-state index < -0.39 is 18.5 Å². The van der Waals surface area contributed by atoms with Crippen LogP contribution in [-0.2, 0) is 14.3 Å². The Labute approximate surface area is 162 Å². The van der Waals surface area contributed by atoms with Gasteiger partial charge < -0.3 is 24.8 Å². The van der Waals surface area contributed by atoms with Crippen LogP contribution >= 0.6 is 0 Å². The molecule has 8 heteroatoms. The van der Waals surface area contributed by atoms with Gasteiger partial charge in [-0.1, -0.05) is 24.3 Å². The van der Waals surface area contributed by atoms with Crippen molar-refractivity contribution in [3.05, 3.63) is 54.1 Å². The summed E-state index contributed by atoms with van der Waals surface area (Å²) in [6.07, 6.45) is -0.0666. The molecule has 2 aromatic rings. The largest absolute Gasteiger partial charge is 0.496 e. The monoisotopic (exact) mass is 386 g/mol. The molecule has 0 fully saturated rings. The van der Waals surface area contributed by atoms with Gasteiger partial charge in [0.05, 0.1) is 31.9 Å². The maximum Gasteiger partial charge on any atom is 0.308 e. The van der Waals surface area contributed by atoms with Crippen LogP contribution in [0, 0.1) is 0 Å². The van der Waals surface area contributed by atoms with E-state index in [1.807, 2.05) is 0 Å². The lowest BCUT2D eigenvalue weighted by molar-refractivity contribution is -0.147. The number of anilines is 1. The highest BCUT2D eigenvalue weighted by Crippen LogP contribution is 2.22. The molecule has 0 bridgehead atoms. The normalized spacial score (nSPS) is 9.93. The fourth-order valence-corrected chi connectivity index (χ4v) is 2.36. The highest BCUT2D eigenvalue weighted by atomic mass is 16.5. The Hall–Kier alpha value is -3.55. The van der Waals surface area contributed by atoms with Crippen molar-refractivity contribution >= 4 is 23.5 Å². The summed E-state index contributed by atoms with van der Waals surface area (Å²) in [5.41, 5.74) is 0.852. The number of carbonyl (C=O) groups excluding carboxylic acids is 3. The Kier molecular flexibility index (Phi) is 7.83. The molecule has 0 aliphatic rings. The van der Waals surface area contributed by atoms with Crippen molar-refractivity contribution in [2.45, 2.75) is 6.42 Å². The molecule has 0 aliphatic heterocycles. The van der Waals surface area contributed by atoms with Crippen LogP contribution < -0.4 is 20.1 Å². The van der Waals surface area contributed by atoms with E-state index in [0.717, 1.165) is 0 Å². The van der Waals surface area contributed by atoms with Crippen LogP contribution in [0.4, 0.5) is 5.69 Å². The van der Waals surface area contributed by atoms with E-state index in [0.29, 0.717) is 22.7 Å². The molecule has 148 valence electrons. The van der Waals surface area contributed by atoms with E-state index in [9.17, 15) is 14.4 Å². The van der Waals surface area contributed by atoms with Gasteiger partial charge in [-0.25, -0.2) is 0 Å². The Morgan fingerprint density at radius 3 is 2.25 bits per heavy atom. The highest BCUT2D eigenvalue weighted by Gasteiger charge is 2.13. The standard InChI is InChI=1S/C20H22N2O6/c1-26-16-9-5-3-7-14(16)20(25)21-12-11-19(24)28-13-18(23)22-15-8-4-6-10-17(15)27-2/h3-10H,11-13H2,1-2H3,(H,21,25)(H,22,23). The first-order chi connectivity index (χ1) is 13.5. The number of hydrogen-bond donors (Lipinski definition) is 2. The lowest BCUT2D eigenvalue weighted by Gasteiger charge is -2.10. The van der Waals surface area contributed by atoms with Gasteiger partial charge >= 0.3 is 5.97 Å². The average molecular weight is 386 g/mol. The van der Waals surface area contributed by atoms with Crippen LogP contribution in [0.2, 0.25) is 0 Å². The highest BCUT2D eigenvalue weighted by molar-refractivity contribution is 5.97. The Morgan fingerprint density at radius 1 is 0.893 bits per heavy atom. The molecule has 2 N–H and O–H groups in total. The van der Waals surface area contributed by atoms with E-state index in [1.54, 1.807) is 48.5 Å². The van der Waals surface area contributed by atoms with E-state index in [1.165, 1.54) is 14.2 Å². The number of carbonyl (C=O) groups is 3. The molecule has 0 radical (unpaired) electrons. The van der Waals surface area contributed by atoms with Crippen molar-refractivity contribution in [1.82, 2.24) is 5.32 Å². The minimum atomic E-state index is -0.601. The number of nitrogens with one attached hydrogen (secondary N) is 2. The van der Waals surface area contributed by atoms with Crippen LogP contribution in [0.3, 0.4) is 0 Å². The molecule has 0 heterocycles. The van der Waals surface area contributed by atoms with E-state index in [-0.39, 0.29) is 18.9 Å². The molecule has 2 rings (SSSR count). The SMILES string of the molecule is COc1ccccc1NC(=O)COC(=O)CCNC(=O)c1ccccc1OC. The molecule has 8 nitrogen and oxygen atoms in total. The lowest BCUT2D eigenvalue weighted by atomic mass is 10.2. The maximum atomic E-state index is 12.1. The number of hydrogen-bond acceptors (Lipinski definition) is 6. The number of methoxy groups -OCH3 is 2. The van der Waals surface area contributed by atoms with Gasteiger partial charge in [-0.3, -0.25) is 14.4 Å². The van der Waals surface area contributed by atoms with Crippen LogP contribution in [-0.4, -0.2) is 45.2 Å². The van der Waals surface area contributed by atoms with Gasteiger partial charge in [0.15, 0.2) is 6.61 Å². The number of rotatable bonds is 9. The number of amides is 2. The summed E-state index contributed by atoms with van der Waals surface area (Å²) in [7, 11) is 2.96. The number of esters is 1. The molecule has 2 amide bonds. The second-order valence-electron chi connectivity index (χ2n) is 5.62. The van der Waals surface area contributed by atoms with Crippen molar-refractivity contribution in [1.29, 1.82) is 0 Å². The molecule has 2 aromatic carbocycles. The van der Waals surface area contributed by atoms with Crippen molar-refractivity contribution in [2.24, 2.45) is 0 Å². The van der Waals surface area contributed by atoms with Crippen LogP contribution in [0.25, 0.3) is 0 Å². The Morgan fingerprint density at radius 2 is 1.54 bits per heavy atom. The van der Waals surface area contributed by atoms with Crippen molar-refractivity contribution < 1.29 is 28.6 Å². The van der Waals surface area contributed by atoms with Gasteiger partial charge in [0.25, 0.3) is 11.8 Å². The third-order valence-corrected chi connectivity index (χ3v) is 3.71. The summed E-state index contributed by atoms with van der Waals surface area (Å²) in [6.45, 7) is -0.360. The quantitative estimate of drug-likeness (QED) is 0.639. The van der Waals surface area contributed by atoms with Crippen molar-refractivity contribution in [3.63, 3.8) is 0 Å². The molecular weight excluding hydrogens is 364 g/mol. The number of ether oxygens (including phenoxy) is 3. The maximum absolute atomic E-state index is 12.1. The topological polar surface area (TPSA) is 103 Å². The van der Waals surface area contributed by atoms with E-state index in [2.05, 4.69) is 10.6 Å². The molecule has 0 aliphatic carbocycles. The third-order valence-electron chi connectivity index (χ3n) is 3.71. The first-order valence-corrected chi connectivity index (χ1v) is 8.55. The van der Waals surface area contributed by atoms with Crippen molar-refractivity contribution in [2.75, 3.05) is 32.7 Å². The zero-order valence-electron chi connectivity index (χ0n) is 15.7. The predicted octanol–water partition coefficient (Wildman–Crippen LogP) is 2.01. The van der Waals surface area contributed by atoms with Gasteiger partial charge in [0.1, 0.15) is 11.5 Å². The van der Waals surface area contributed by atoms with Gasteiger partial charge in [0.2, 0.25) is 0 Å². The summed E-state index contributed by atoms with van der Waals surface area (Å²) < 4.78 is 15.2. The third kappa shape index (κ3) is 6.01. The smallest absolute Gasteiger partial charge is 0.308 e. The lowest BCUT2D eigenvalue weighted by Crippen LogP contribution is -2.28. The zero-order chi connectivity index (χ0) is 20.4. The molecule has 0 spiro atoms. The second-order valence-corrected chi connectivity index (χ2v) is 5.62. The van der Waals surface area contributed by atoms with Crippen LogP contribution in [0.15, 0.2) is 48.5 Å². The predicted molar refractivity (Wildman–Crippen MR) is 103 cm³/mol. The molecule has 0 saturated carbocycles. The fourth-order valence-electron chi connectivity index (χ4n) is 2.36. The first kappa shape index (κ1) is 20.8. The Balaban J connectivity index is 1.72. The summed E-state index contributed by atoms with van der Waals surface area (Å²) >= 11 is 0. The molecule has 0 unspecified atom stereocenters. The minimum absolute atomic E-state index is 0.0666. The van der Waals surface area contributed by atoms with E-state index >= 15 is 0 Å². The fraction of sp³-hybridized carbons (Fsp3) is 0.250. The summed E-state index contributed by atoms with van der Waals surface area (Å²) in [5.74, 6) is -0.512. The zero-order valence-corrected chi connectivity index (χ0v) is 15.7. The Bertz CT molecular complexity index is 837. The van der Waals surface area contributed by atoms with Crippen molar-refractivity contribution in [3.8, 4) is 11.5 Å². The summed E-state index contributed by atoms with van der Waals surface area (Å²) in [5, 5.41) is 5.21. The minimum Gasteiger partial charge on any atom is -0.496 e. The molecule has 0 atom stereocenters. The molecule has 0 aromatic heterocycles. The summed E-state index contributed by atoms with van der Waals surface area (Å²) in [6, 6.07) is 13.6. The molecular formula is C20H22N2O6. The van der Waals surface area contributed by atoms with Gasteiger partial charge in [-0.2, -0.15) is 0 Å². The van der Waals surface area contributed by atoms with Gasteiger partial charge in [-0.05, 0) is 24.3 Å².